The van der Waals surface area contributed by atoms with Gasteiger partial charge in [-0.25, -0.2) is 5.90 Å². The largest absolute Gasteiger partial charge is 0.398 e. The summed E-state index contributed by atoms with van der Waals surface area (Å²) in [6.07, 6.45) is 2.84. The van der Waals surface area contributed by atoms with Crippen molar-refractivity contribution in [2.45, 2.75) is 38.2 Å². The zero-order chi connectivity index (χ0) is 17.2. The van der Waals surface area contributed by atoms with Crippen molar-refractivity contribution in [3.05, 3.63) is 28.3 Å². The minimum absolute atomic E-state index is 0.115. The Morgan fingerprint density at radius 2 is 2.04 bits per heavy atom. The Balaban J connectivity index is 2.14. The Morgan fingerprint density at radius 3 is 2.57 bits per heavy atom. The number of nitrogens with zero attached hydrogens (tertiary/aromatic N) is 1. The molecule has 1 aliphatic heterocycles. The Kier molecular flexibility index (Phi) is 5.29. The third-order valence-electron chi connectivity index (χ3n) is 4.38. The molecule has 1 amide bonds. The highest BCUT2D eigenvalue weighted by Gasteiger charge is 2.35. The van der Waals surface area contributed by atoms with Gasteiger partial charge in [-0.3, -0.25) is 9.63 Å². The molecular formula is C16H23ClN4O2. The molecule has 0 atom stereocenters. The standard InChI is InChI=1S/C16H23ClN4O2/c1-16(2,23-20)15(22)21-5-3-10(4-6-21)12-7-11(17)8-14(19)13(12)9-18/h7-10,18H,3-6,19-20H2,1-2H3. The van der Waals surface area contributed by atoms with Crippen molar-refractivity contribution in [1.29, 1.82) is 5.41 Å². The van der Waals surface area contributed by atoms with Crippen LogP contribution in [0, 0.1) is 5.41 Å². The first-order chi connectivity index (χ1) is 10.8. The summed E-state index contributed by atoms with van der Waals surface area (Å²) in [5, 5.41) is 8.15. The second-order valence-electron chi connectivity index (χ2n) is 6.34. The molecule has 0 spiro atoms. The highest BCUT2D eigenvalue weighted by Crippen LogP contribution is 2.34. The maximum absolute atomic E-state index is 12.4. The molecule has 0 aromatic heterocycles. The fourth-order valence-corrected chi connectivity index (χ4v) is 3.23. The molecule has 1 aromatic rings. The number of benzene rings is 1. The predicted molar refractivity (Wildman–Crippen MR) is 91.7 cm³/mol. The minimum Gasteiger partial charge on any atom is -0.398 e. The fraction of sp³-hybridized carbons (Fsp3) is 0.500. The fourth-order valence-electron chi connectivity index (χ4n) is 2.99. The number of carbonyl (C=O) groups is 1. The highest BCUT2D eigenvalue weighted by molar-refractivity contribution is 6.31. The molecule has 0 saturated carbocycles. The van der Waals surface area contributed by atoms with Crippen molar-refractivity contribution < 1.29 is 9.63 Å². The average molecular weight is 339 g/mol. The number of halogens is 1. The first kappa shape index (κ1) is 17.7. The van der Waals surface area contributed by atoms with Crippen LogP contribution < -0.4 is 11.6 Å². The van der Waals surface area contributed by atoms with Crippen LogP contribution in [0.15, 0.2) is 12.1 Å². The van der Waals surface area contributed by atoms with Crippen molar-refractivity contribution in [2.75, 3.05) is 18.8 Å². The van der Waals surface area contributed by atoms with Gasteiger partial charge < -0.3 is 16.0 Å². The zero-order valence-corrected chi connectivity index (χ0v) is 14.2. The van der Waals surface area contributed by atoms with Gasteiger partial charge in [0.15, 0.2) is 5.60 Å². The summed E-state index contributed by atoms with van der Waals surface area (Å²) in [6.45, 7) is 4.54. The first-order valence-corrected chi connectivity index (χ1v) is 7.94. The number of anilines is 1. The molecule has 1 heterocycles. The van der Waals surface area contributed by atoms with Crippen molar-refractivity contribution in [3.63, 3.8) is 0 Å². The molecule has 7 heteroatoms. The normalized spacial score (nSPS) is 16.4. The van der Waals surface area contributed by atoms with Crippen molar-refractivity contribution in [1.82, 2.24) is 4.90 Å². The van der Waals surface area contributed by atoms with Crippen LogP contribution in [0.25, 0.3) is 0 Å². The number of amides is 1. The molecule has 6 nitrogen and oxygen atoms in total. The molecule has 0 unspecified atom stereocenters. The number of carbonyl (C=O) groups excluding carboxylic acids is 1. The van der Waals surface area contributed by atoms with Gasteiger partial charge in [0.2, 0.25) is 0 Å². The molecule has 5 N–H and O–H groups in total. The van der Waals surface area contributed by atoms with Crippen LogP contribution in [0.1, 0.15) is 43.7 Å². The van der Waals surface area contributed by atoms with Gasteiger partial charge in [0.25, 0.3) is 5.91 Å². The molecule has 1 saturated heterocycles. The summed E-state index contributed by atoms with van der Waals surface area (Å²) >= 11 is 6.11. The van der Waals surface area contributed by atoms with E-state index in [2.05, 4.69) is 0 Å². The summed E-state index contributed by atoms with van der Waals surface area (Å²) in [7, 11) is 0. The van der Waals surface area contributed by atoms with Crippen LogP contribution in [0.2, 0.25) is 5.02 Å². The lowest BCUT2D eigenvalue weighted by Crippen LogP contribution is -2.50. The number of likely N-dealkylation sites (tertiary alicyclic amines) is 1. The molecule has 0 radical (unpaired) electrons. The van der Waals surface area contributed by atoms with Gasteiger partial charge in [-0.1, -0.05) is 11.6 Å². The van der Waals surface area contributed by atoms with Crippen LogP contribution in [0.4, 0.5) is 5.69 Å². The van der Waals surface area contributed by atoms with Gasteiger partial charge >= 0.3 is 0 Å². The summed E-state index contributed by atoms with van der Waals surface area (Å²) in [6, 6.07) is 3.53. The Morgan fingerprint density at radius 1 is 1.43 bits per heavy atom. The number of rotatable bonds is 4. The van der Waals surface area contributed by atoms with E-state index in [9.17, 15) is 4.79 Å². The van der Waals surface area contributed by atoms with Crippen molar-refractivity contribution in [3.8, 4) is 0 Å². The lowest BCUT2D eigenvalue weighted by atomic mass is 9.85. The average Bonchev–Trinajstić information content (AvgIpc) is 2.53. The van der Waals surface area contributed by atoms with E-state index in [1.54, 1.807) is 24.8 Å². The van der Waals surface area contributed by atoms with Crippen LogP contribution in [0.3, 0.4) is 0 Å². The molecule has 1 aliphatic rings. The molecule has 1 aromatic carbocycles. The second kappa shape index (κ2) is 6.86. The highest BCUT2D eigenvalue weighted by atomic mass is 35.5. The quantitative estimate of drug-likeness (QED) is 0.445. The minimum atomic E-state index is -1.02. The van der Waals surface area contributed by atoms with E-state index < -0.39 is 5.60 Å². The number of nitrogens with two attached hydrogens (primary N) is 2. The van der Waals surface area contributed by atoms with E-state index in [1.807, 2.05) is 6.07 Å². The van der Waals surface area contributed by atoms with Crippen molar-refractivity contribution >= 4 is 29.4 Å². The smallest absolute Gasteiger partial charge is 0.256 e. The maximum atomic E-state index is 12.4. The SMILES string of the molecule is CC(C)(ON)C(=O)N1CCC(c2cc(Cl)cc(N)c2C=N)CC1. The third kappa shape index (κ3) is 3.65. The van der Waals surface area contributed by atoms with E-state index in [0.717, 1.165) is 18.4 Å². The molecule has 1 fully saturated rings. The van der Waals surface area contributed by atoms with E-state index in [-0.39, 0.29) is 11.8 Å². The third-order valence-corrected chi connectivity index (χ3v) is 4.60. The Hall–Kier alpha value is -1.63. The summed E-state index contributed by atoms with van der Waals surface area (Å²) in [4.78, 5) is 18.9. The molecule has 0 aliphatic carbocycles. The van der Waals surface area contributed by atoms with Gasteiger partial charge in [-0.2, -0.15) is 0 Å². The van der Waals surface area contributed by atoms with E-state index >= 15 is 0 Å². The molecule has 0 bridgehead atoms. The monoisotopic (exact) mass is 338 g/mol. The molecule has 126 valence electrons. The number of hydrogen-bond donors (Lipinski definition) is 3. The topological polar surface area (TPSA) is 105 Å². The number of nitrogens with one attached hydrogen (secondary N) is 1. The lowest BCUT2D eigenvalue weighted by molar-refractivity contribution is -0.155. The predicted octanol–water partition coefficient (Wildman–Crippen LogP) is 2.29. The van der Waals surface area contributed by atoms with Gasteiger partial charge in [0.05, 0.1) is 0 Å². The maximum Gasteiger partial charge on any atom is 0.256 e. The van der Waals surface area contributed by atoms with Gasteiger partial charge in [-0.15, -0.1) is 0 Å². The molecule has 23 heavy (non-hydrogen) atoms. The zero-order valence-electron chi connectivity index (χ0n) is 13.4. The van der Waals surface area contributed by atoms with E-state index in [1.165, 1.54) is 6.21 Å². The molecule has 2 rings (SSSR count). The lowest BCUT2D eigenvalue weighted by Gasteiger charge is -2.36. The first-order valence-electron chi connectivity index (χ1n) is 7.56. The van der Waals surface area contributed by atoms with Gasteiger partial charge in [-0.05, 0) is 50.3 Å². The molecular weight excluding hydrogens is 316 g/mol. The Labute approximate surface area is 141 Å². The number of piperidine rings is 1. The van der Waals surface area contributed by atoms with Crippen LogP contribution >= 0.6 is 11.6 Å². The van der Waals surface area contributed by atoms with E-state index in [4.69, 9.17) is 33.5 Å². The van der Waals surface area contributed by atoms with Gasteiger partial charge in [0, 0.05) is 35.6 Å². The van der Waals surface area contributed by atoms with Crippen LogP contribution in [0.5, 0.6) is 0 Å². The number of hydrogen-bond acceptors (Lipinski definition) is 5. The van der Waals surface area contributed by atoms with Crippen LogP contribution in [-0.2, 0) is 9.63 Å². The van der Waals surface area contributed by atoms with Crippen LogP contribution in [-0.4, -0.2) is 35.7 Å². The number of nitrogen functional groups attached to an aromatic ring is 1. The summed E-state index contributed by atoms with van der Waals surface area (Å²) in [5.41, 5.74) is 7.14. The Bertz CT molecular complexity index is 610. The van der Waals surface area contributed by atoms with E-state index in [0.29, 0.717) is 29.4 Å². The second-order valence-corrected chi connectivity index (χ2v) is 6.77. The summed E-state index contributed by atoms with van der Waals surface area (Å²) in [5.74, 6) is 5.31. The van der Waals surface area contributed by atoms with Gasteiger partial charge in [0.1, 0.15) is 0 Å². The summed E-state index contributed by atoms with van der Waals surface area (Å²) < 4.78 is 0. The van der Waals surface area contributed by atoms with Crippen molar-refractivity contribution in [2.24, 2.45) is 5.90 Å².